The summed E-state index contributed by atoms with van der Waals surface area (Å²) in [5, 5.41) is 15.8. The van der Waals surface area contributed by atoms with Gasteiger partial charge in [0.2, 0.25) is 0 Å². The monoisotopic (exact) mass is 919 g/mol. The number of benzene rings is 9. The molecule has 0 aliphatic carbocycles. The maximum absolute atomic E-state index is 2.65. The minimum Gasteiger partial charge on any atom is -0.309 e. The van der Waals surface area contributed by atoms with Crippen molar-refractivity contribution in [1.29, 1.82) is 0 Å². The van der Waals surface area contributed by atoms with Crippen molar-refractivity contribution in [3.05, 3.63) is 174 Å². The molecule has 0 radical (unpaired) electrons. The third-order valence-electron chi connectivity index (χ3n) is 16.5. The molecule has 9 aromatic carbocycles. The molecule has 0 saturated heterocycles. The average Bonchev–Trinajstić information content (AvgIpc) is 4.12. The molecule has 0 atom stereocenters. The van der Waals surface area contributed by atoms with E-state index >= 15 is 0 Å². The second-order valence-electron chi connectivity index (χ2n) is 25.1. The quantitative estimate of drug-likeness (QED) is 0.164. The van der Waals surface area contributed by atoms with Crippen LogP contribution >= 0.6 is 0 Å². The van der Waals surface area contributed by atoms with Crippen LogP contribution in [0.25, 0.3) is 126 Å². The summed E-state index contributed by atoms with van der Waals surface area (Å²) >= 11 is 0. The summed E-state index contributed by atoms with van der Waals surface area (Å²) in [6.45, 7) is 28.2. The second-order valence-corrected chi connectivity index (χ2v) is 25.1. The Balaban J connectivity index is 1.13. The standard InChI is InChI=1S/C68H61N3/c1-65(2,3)39-23-28-58-50(31-39)52-34-41(67(7,8)9)33-51-47-25-24-45-46(61(47)70(58)63(51)52)26-29-59-60(45)55-37-42(68(10,11)12)36-54-53-35-40(66(4,5)6)32-48(62(53)71(59)64(54)55)38-22-27-57-49(30-38)44-20-16-17-21-56(44)69(57)43-18-14-13-15-19-43/h13-37H,1-12H3. The van der Waals surface area contributed by atoms with Crippen LogP contribution in [0.3, 0.4) is 0 Å². The van der Waals surface area contributed by atoms with E-state index in [0.717, 1.165) is 0 Å². The van der Waals surface area contributed by atoms with Crippen molar-refractivity contribution in [3.63, 3.8) is 0 Å². The van der Waals surface area contributed by atoms with E-state index in [1.807, 2.05) is 0 Å². The zero-order chi connectivity index (χ0) is 49.0. The van der Waals surface area contributed by atoms with E-state index in [1.54, 1.807) is 0 Å². The highest BCUT2D eigenvalue weighted by atomic mass is 15.0. The predicted octanol–water partition coefficient (Wildman–Crippen LogP) is 19.1. The fourth-order valence-electron chi connectivity index (χ4n) is 12.6. The molecular weight excluding hydrogens is 859 g/mol. The van der Waals surface area contributed by atoms with Crippen molar-refractivity contribution in [2.45, 2.75) is 105 Å². The van der Waals surface area contributed by atoms with Crippen molar-refractivity contribution < 1.29 is 0 Å². The van der Waals surface area contributed by atoms with Crippen LogP contribution in [0.5, 0.6) is 0 Å². The Labute approximate surface area is 415 Å². The molecule has 0 unspecified atom stereocenters. The summed E-state index contributed by atoms with van der Waals surface area (Å²) in [4.78, 5) is 0. The van der Waals surface area contributed by atoms with Crippen molar-refractivity contribution in [1.82, 2.24) is 13.4 Å². The maximum atomic E-state index is 2.65. The summed E-state index contributed by atoms with van der Waals surface area (Å²) in [6.07, 6.45) is 0. The first kappa shape index (κ1) is 42.5. The van der Waals surface area contributed by atoms with Gasteiger partial charge in [-0.05, 0) is 140 Å². The summed E-state index contributed by atoms with van der Waals surface area (Å²) in [6, 6.07) is 59.0. The highest BCUT2D eigenvalue weighted by Gasteiger charge is 2.30. The molecule has 5 heterocycles. The maximum Gasteiger partial charge on any atom is 0.0621 e. The molecule has 14 rings (SSSR count). The topological polar surface area (TPSA) is 13.8 Å². The van der Waals surface area contributed by atoms with E-state index < -0.39 is 0 Å². The third-order valence-corrected chi connectivity index (χ3v) is 16.5. The van der Waals surface area contributed by atoms with Gasteiger partial charge in [-0.15, -0.1) is 0 Å². The molecule has 348 valence electrons. The lowest BCUT2D eigenvalue weighted by Gasteiger charge is -2.22. The molecule has 71 heavy (non-hydrogen) atoms. The van der Waals surface area contributed by atoms with Gasteiger partial charge in [-0.2, -0.15) is 0 Å². The number of rotatable bonds is 2. The molecule has 3 nitrogen and oxygen atoms in total. The molecule has 0 fully saturated rings. The van der Waals surface area contributed by atoms with Gasteiger partial charge < -0.3 is 13.4 Å². The van der Waals surface area contributed by atoms with E-state index in [4.69, 9.17) is 0 Å². The van der Waals surface area contributed by atoms with Crippen LogP contribution < -0.4 is 0 Å². The van der Waals surface area contributed by atoms with Crippen LogP contribution in [0.15, 0.2) is 152 Å². The van der Waals surface area contributed by atoms with Crippen molar-refractivity contribution in [2.24, 2.45) is 0 Å². The molecule has 0 aliphatic rings. The fraction of sp³-hybridized carbons (Fsp3) is 0.235. The number of hydrogen-bond donors (Lipinski definition) is 0. The molecule has 0 N–H and O–H groups in total. The highest BCUT2D eigenvalue weighted by molar-refractivity contribution is 6.34. The van der Waals surface area contributed by atoms with Crippen molar-refractivity contribution in [2.75, 3.05) is 0 Å². The van der Waals surface area contributed by atoms with Crippen LogP contribution in [0.1, 0.15) is 105 Å². The number of hydrogen-bond acceptors (Lipinski definition) is 0. The van der Waals surface area contributed by atoms with Crippen LogP contribution in [-0.4, -0.2) is 13.4 Å². The first-order valence-corrected chi connectivity index (χ1v) is 25.8. The Hall–Kier alpha value is -7.36. The lowest BCUT2D eigenvalue weighted by Crippen LogP contribution is -2.11. The van der Waals surface area contributed by atoms with Crippen molar-refractivity contribution in [3.8, 4) is 16.8 Å². The predicted molar refractivity (Wildman–Crippen MR) is 308 cm³/mol. The molecular formula is C68H61N3. The molecule has 0 spiro atoms. The van der Waals surface area contributed by atoms with Gasteiger partial charge in [0.05, 0.1) is 44.1 Å². The number of para-hydroxylation sites is 2. The van der Waals surface area contributed by atoms with Crippen molar-refractivity contribution >= 4 is 109 Å². The molecule has 0 saturated carbocycles. The lowest BCUT2D eigenvalue weighted by molar-refractivity contribution is 0.590. The third kappa shape index (κ3) is 5.78. The van der Waals surface area contributed by atoms with E-state index in [2.05, 4.69) is 248 Å². The van der Waals surface area contributed by atoms with E-state index in [0.29, 0.717) is 0 Å². The zero-order valence-corrected chi connectivity index (χ0v) is 43.3. The Morgan fingerprint density at radius 1 is 0.282 bits per heavy atom. The molecule has 0 amide bonds. The average molecular weight is 920 g/mol. The van der Waals surface area contributed by atoms with Crippen LogP contribution in [0.4, 0.5) is 0 Å². The van der Waals surface area contributed by atoms with Gasteiger partial charge >= 0.3 is 0 Å². The minimum atomic E-state index is -0.0680. The minimum absolute atomic E-state index is 0.000160. The normalized spacial score (nSPS) is 13.6. The number of nitrogens with zero attached hydrogens (tertiary/aromatic N) is 3. The van der Waals surface area contributed by atoms with E-state index in [9.17, 15) is 0 Å². The SMILES string of the molecule is CC(C)(C)c1ccc2c(c1)c1cc(C(C)(C)C)cc3c4ccc5c(ccc6c5c5cc(C(C)(C)C)cc7c8cc(C(C)(C)C)cc(-c9ccc%10c(c9)c9ccccc9n%10-c9ccccc9)c8n6c75)c4n2c13. The Morgan fingerprint density at radius 2 is 0.732 bits per heavy atom. The first-order valence-electron chi connectivity index (χ1n) is 25.8. The Morgan fingerprint density at radius 3 is 1.42 bits per heavy atom. The summed E-state index contributed by atoms with van der Waals surface area (Å²) in [5.74, 6) is 0. The lowest BCUT2D eigenvalue weighted by atomic mass is 9.82. The van der Waals surface area contributed by atoms with E-state index in [1.165, 1.54) is 148 Å². The zero-order valence-electron chi connectivity index (χ0n) is 43.3. The molecule has 3 heteroatoms. The second kappa shape index (κ2) is 13.7. The summed E-state index contributed by atoms with van der Waals surface area (Å²) < 4.78 is 7.69. The number of aromatic nitrogens is 3. The van der Waals surface area contributed by atoms with Gasteiger partial charge in [0.25, 0.3) is 0 Å². The Bertz CT molecular complexity index is 4580. The highest BCUT2D eigenvalue weighted by Crippen LogP contribution is 2.51. The molecule has 14 aromatic rings. The van der Waals surface area contributed by atoms with Gasteiger partial charge in [0.1, 0.15) is 0 Å². The van der Waals surface area contributed by atoms with Crippen LogP contribution in [-0.2, 0) is 21.7 Å². The van der Waals surface area contributed by atoms with E-state index in [-0.39, 0.29) is 21.7 Å². The first-order chi connectivity index (χ1) is 33.8. The largest absolute Gasteiger partial charge is 0.309 e. The van der Waals surface area contributed by atoms with Gasteiger partial charge in [0, 0.05) is 70.5 Å². The number of fused-ring (bicyclic) bond motifs is 18. The fourth-order valence-corrected chi connectivity index (χ4v) is 12.6. The van der Waals surface area contributed by atoms with Gasteiger partial charge in [-0.25, -0.2) is 0 Å². The molecule has 0 aliphatic heterocycles. The van der Waals surface area contributed by atoms with Crippen LogP contribution in [0, 0.1) is 0 Å². The Kier molecular flexibility index (Phi) is 8.22. The summed E-state index contributed by atoms with van der Waals surface area (Å²) in [7, 11) is 0. The molecule has 5 aromatic heterocycles. The summed E-state index contributed by atoms with van der Waals surface area (Å²) in [5.41, 5.74) is 19.2. The molecule has 0 bridgehead atoms. The smallest absolute Gasteiger partial charge is 0.0621 e. The van der Waals surface area contributed by atoms with Gasteiger partial charge in [-0.3, -0.25) is 0 Å². The van der Waals surface area contributed by atoms with Gasteiger partial charge in [0.15, 0.2) is 0 Å². The van der Waals surface area contributed by atoms with Gasteiger partial charge in [-0.1, -0.05) is 150 Å². The van der Waals surface area contributed by atoms with Crippen LogP contribution in [0.2, 0.25) is 0 Å².